The minimum atomic E-state index is -1.13. The van der Waals surface area contributed by atoms with E-state index in [1.807, 2.05) is 69.3 Å². The van der Waals surface area contributed by atoms with Gasteiger partial charge in [0, 0.05) is 17.9 Å². The van der Waals surface area contributed by atoms with Gasteiger partial charge in [0.2, 0.25) is 11.7 Å². The first kappa shape index (κ1) is 21.2. The molecule has 0 aromatic heterocycles. The van der Waals surface area contributed by atoms with Crippen molar-refractivity contribution in [3.05, 3.63) is 59.7 Å². The number of fused-ring (bicyclic) bond motifs is 1. The zero-order valence-corrected chi connectivity index (χ0v) is 18.2. The Morgan fingerprint density at radius 1 is 1.16 bits per heavy atom. The van der Waals surface area contributed by atoms with Crippen molar-refractivity contribution >= 4 is 11.9 Å². The van der Waals surface area contributed by atoms with Crippen LogP contribution < -0.4 is 9.47 Å². The van der Waals surface area contributed by atoms with E-state index in [2.05, 4.69) is 0 Å². The average molecular weight is 424 g/mol. The van der Waals surface area contributed by atoms with Crippen molar-refractivity contribution in [2.75, 3.05) is 6.61 Å². The Kier molecular flexibility index (Phi) is 5.65. The molecule has 0 N–H and O–H groups in total. The van der Waals surface area contributed by atoms with Gasteiger partial charge in [0.25, 0.3) is 0 Å². The maximum absolute atomic E-state index is 13.2. The number of hydrogen-bond donors (Lipinski definition) is 0. The Morgan fingerprint density at radius 3 is 2.61 bits per heavy atom. The van der Waals surface area contributed by atoms with Crippen molar-refractivity contribution in [1.29, 1.82) is 0 Å². The molecule has 2 heterocycles. The zero-order valence-electron chi connectivity index (χ0n) is 18.2. The van der Waals surface area contributed by atoms with E-state index in [0.29, 0.717) is 37.4 Å². The van der Waals surface area contributed by atoms with E-state index in [4.69, 9.17) is 18.9 Å². The minimum Gasteiger partial charge on any atom is -0.489 e. The second kappa shape index (κ2) is 8.25. The summed E-state index contributed by atoms with van der Waals surface area (Å²) in [7, 11) is 0. The van der Waals surface area contributed by atoms with Gasteiger partial charge in [-0.25, -0.2) is 9.59 Å². The van der Waals surface area contributed by atoms with Gasteiger partial charge in [0.1, 0.15) is 24.7 Å². The van der Waals surface area contributed by atoms with E-state index in [9.17, 15) is 9.59 Å². The van der Waals surface area contributed by atoms with Crippen LogP contribution in [-0.2, 0) is 32.1 Å². The third-order valence-electron chi connectivity index (χ3n) is 6.07. The molecule has 2 aromatic carbocycles. The predicted molar refractivity (Wildman–Crippen MR) is 114 cm³/mol. The molecule has 2 aliphatic heterocycles. The molecule has 0 unspecified atom stereocenters. The molecule has 164 valence electrons. The maximum atomic E-state index is 13.2. The number of aryl methyl sites for hydroxylation is 1. The number of carbonyl (C=O) groups excluding carboxylic acids is 2. The number of hydrogen-bond acceptors (Lipinski definition) is 6. The van der Waals surface area contributed by atoms with Crippen LogP contribution in [-0.4, -0.2) is 30.3 Å². The molecule has 1 saturated heterocycles. The first-order valence-electron chi connectivity index (χ1n) is 10.7. The summed E-state index contributed by atoms with van der Waals surface area (Å²) in [6.07, 6.45) is 0.675. The van der Waals surface area contributed by atoms with Gasteiger partial charge in [-0.2, -0.15) is 0 Å². The van der Waals surface area contributed by atoms with Gasteiger partial charge in [0.05, 0.1) is 0 Å². The fraction of sp³-hybridized carbons (Fsp3) is 0.440. The van der Waals surface area contributed by atoms with Gasteiger partial charge >= 0.3 is 11.9 Å². The molecule has 2 aliphatic rings. The van der Waals surface area contributed by atoms with Crippen LogP contribution in [0.15, 0.2) is 48.5 Å². The first-order valence-corrected chi connectivity index (χ1v) is 10.7. The van der Waals surface area contributed by atoms with E-state index in [-0.39, 0.29) is 6.61 Å². The number of ether oxygens (including phenoxy) is 4. The van der Waals surface area contributed by atoms with E-state index in [1.165, 1.54) is 0 Å². The van der Waals surface area contributed by atoms with Crippen molar-refractivity contribution in [3.63, 3.8) is 0 Å². The summed E-state index contributed by atoms with van der Waals surface area (Å²) in [6.45, 7) is 6.26. The summed E-state index contributed by atoms with van der Waals surface area (Å²) in [5.41, 5.74) is 0.389. The fourth-order valence-electron chi connectivity index (χ4n) is 3.95. The van der Waals surface area contributed by atoms with Crippen LogP contribution in [0.5, 0.6) is 11.5 Å². The van der Waals surface area contributed by atoms with Crippen molar-refractivity contribution in [2.45, 2.75) is 58.3 Å². The van der Waals surface area contributed by atoms with Crippen LogP contribution in [0.25, 0.3) is 0 Å². The molecule has 0 spiro atoms. The molecule has 0 aliphatic carbocycles. The largest absolute Gasteiger partial charge is 0.489 e. The van der Waals surface area contributed by atoms with Crippen molar-refractivity contribution in [1.82, 2.24) is 0 Å². The smallest absolute Gasteiger partial charge is 0.351 e. The molecule has 1 fully saturated rings. The molecular weight excluding hydrogens is 396 g/mol. The van der Waals surface area contributed by atoms with Crippen LogP contribution in [0, 0.1) is 5.41 Å². The van der Waals surface area contributed by atoms with Crippen molar-refractivity contribution in [3.8, 4) is 11.5 Å². The third kappa shape index (κ3) is 4.24. The highest BCUT2D eigenvalue weighted by Gasteiger charge is 2.51. The van der Waals surface area contributed by atoms with Crippen LogP contribution >= 0.6 is 0 Å². The van der Waals surface area contributed by atoms with Crippen LogP contribution in [0.4, 0.5) is 0 Å². The molecule has 0 radical (unpaired) electrons. The molecule has 2 aromatic rings. The summed E-state index contributed by atoms with van der Waals surface area (Å²) in [5, 5.41) is 0. The molecule has 2 atom stereocenters. The van der Waals surface area contributed by atoms with Crippen LogP contribution in [0.1, 0.15) is 44.7 Å². The number of benzene rings is 2. The molecule has 0 bridgehead atoms. The standard InChI is InChI=1S/C25H28O6/c1-4-25(23(27)30-21-22(26)29-16-24(21,2)3)13-12-18-10-11-19(14-20(18)31-25)28-15-17-8-6-5-7-9-17/h5-11,14,21H,4,12-13,15-16H2,1-3H3/t21-,25-/m1/s1. The molecule has 6 heteroatoms. The predicted octanol–water partition coefficient (Wildman–Crippen LogP) is 4.23. The molecule has 0 saturated carbocycles. The average Bonchev–Trinajstić information content (AvgIpc) is 3.04. The lowest BCUT2D eigenvalue weighted by Crippen LogP contribution is -2.50. The zero-order chi connectivity index (χ0) is 22.1. The van der Waals surface area contributed by atoms with Crippen LogP contribution in [0.3, 0.4) is 0 Å². The molecule has 4 rings (SSSR count). The van der Waals surface area contributed by atoms with E-state index in [0.717, 1.165) is 11.1 Å². The second-order valence-electron chi connectivity index (χ2n) is 8.88. The van der Waals surface area contributed by atoms with Gasteiger partial charge in [-0.15, -0.1) is 0 Å². The summed E-state index contributed by atoms with van der Waals surface area (Å²) in [6, 6.07) is 15.6. The molecule has 6 nitrogen and oxygen atoms in total. The molecule has 0 amide bonds. The molecular formula is C25H28O6. The van der Waals surface area contributed by atoms with E-state index in [1.54, 1.807) is 0 Å². The lowest BCUT2D eigenvalue weighted by atomic mass is 9.87. The molecule has 31 heavy (non-hydrogen) atoms. The Bertz CT molecular complexity index is 967. The summed E-state index contributed by atoms with van der Waals surface area (Å²) in [5.74, 6) is 0.262. The highest BCUT2D eigenvalue weighted by molar-refractivity contribution is 5.86. The Hall–Kier alpha value is -3.02. The van der Waals surface area contributed by atoms with E-state index >= 15 is 0 Å². The topological polar surface area (TPSA) is 71.1 Å². The summed E-state index contributed by atoms with van der Waals surface area (Å²) >= 11 is 0. The van der Waals surface area contributed by atoms with Crippen LogP contribution in [0.2, 0.25) is 0 Å². The second-order valence-corrected chi connectivity index (χ2v) is 8.88. The minimum absolute atomic E-state index is 0.231. The fourth-order valence-corrected chi connectivity index (χ4v) is 3.95. The van der Waals surface area contributed by atoms with Gasteiger partial charge in [0.15, 0.2) is 0 Å². The summed E-state index contributed by atoms with van der Waals surface area (Å²) in [4.78, 5) is 25.2. The number of rotatable bonds is 6. The van der Waals surface area contributed by atoms with E-state index < -0.39 is 29.1 Å². The quantitative estimate of drug-likeness (QED) is 0.646. The van der Waals surface area contributed by atoms with Gasteiger partial charge < -0.3 is 18.9 Å². The van der Waals surface area contributed by atoms with Gasteiger partial charge in [-0.1, -0.05) is 57.2 Å². The monoisotopic (exact) mass is 424 g/mol. The Morgan fingerprint density at radius 2 is 1.94 bits per heavy atom. The van der Waals surface area contributed by atoms with Gasteiger partial charge in [-0.3, -0.25) is 0 Å². The van der Waals surface area contributed by atoms with Crippen molar-refractivity contribution in [2.24, 2.45) is 5.41 Å². The number of cyclic esters (lactones) is 1. The highest BCUT2D eigenvalue weighted by Crippen LogP contribution is 2.40. The lowest BCUT2D eigenvalue weighted by molar-refractivity contribution is -0.178. The lowest BCUT2D eigenvalue weighted by Gasteiger charge is -2.37. The van der Waals surface area contributed by atoms with Crippen molar-refractivity contribution < 1.29 is 28.5 Å². The Labute approximate surface area is 182 Å². The number of esters is 2. The SMILES string of the molecule is CC[C@]1(C(=O)O[C@@H]2C(=O)OCC2(C)C)CCc2ccc(OCc3ccccc3)cc2O1. The highest BCUT2D eigenvalue weighted by atomic mass is 16.6. The maximum Gasteiger partial charge on any atom is 0.351 e. The summed E-state index contributed by atoms with van der Waals surface area (Å²) < 4.78 is 22.9. The normalized spacial score (nSPS) is 24.0. The number of carbonyl (C=O) groups is 2. The van der Waals surface area contributed by atoms with Gasteiger partial charge in [-0.05, 0) is 30.0 Å². The third-order valence-corrected chi connectivity index (χ3v) is 6.07. The first-order chi connectivity index (χ1) is 14.8. The Balaban J connectivity index is 1.49.